The van der Waals surface area contributed by atoms with E-state index in [9.17, 15) is 0 Å². The van der Waals surface area contributed by atoms with Crippen molar-refractivity contribution >= 4 is 5.84 Å². The lowest BCUT2D eigenvalue weighted by Gasteiger charge is -2.40. The van der Waals surface area contributed by atoms with Crippen molar-refractivity contribution in [3.05, 3.63) is 0 Å². The van der Waals surface area contributed by atoms with Gasteiger partial charge >= 0.3 is 0 Å². The molecule has 1 fully saturated rings. The predicted molar refractivity (Wildman–Crippen MR) is 55.0 cm³/mol. The van der Waals surface area contributed by atoms with E-state index >= 15 is 0 Å². The van der Waals surface area contributed by atoms with E-state index in [0.29, 0.717) is 11.9 Å². The highest BCUT2D eigenvalue weighted by atomic mass is 15.2. The summed E-state index contributed by atoms with van der Waals surface area (Å²) >= 11 is 0. The zero-order chi connectivity index (χ0) is 9.84. The summed E-state index contributed by atoms with van der Waals surface area (Å²) in [5.74, 6) is 0.293. The maximum Gasteiger partial charge on any atom is 0.110 e. The Bertz CT molecular complexity index is 168. The number of nitrogens with two attached hydrogens (primary N) is 1. The van der Waals surface area contributed by atoms with Gasteiger partial charge in [-0.1, -0.05) is 13.8 Å². The average molecular weight is 184 g/mol. The summed E-state index contributed by atoms with van der Waals surface area (Å²) in [5, 5.41) is 11.0. The van der Waals surface area contributed by atoms with E-state index in [1.807, 2.05) is 0 Å². The normalized spacial score (nSPS) is 30.3. The fraction of sp³-hybridized carbons (Fsp3) is 0.889. The lowest BCUT2D eigenvalue weighted by atomic mass is 10.0. The smallest absolute Gasteiger partial charge is 0.110 e. The number of nitrogens with one attached hydrogen (secondary N) is 2. The molecule has 0 aromatic rings. The van der Waals surface area contributed by atoms with Gasteiger partial charge in [0, 0.05) is 19.1 Å². The maximum absolute atomic E-state index is 7.55. The summed E-state index contributed by atoms with van der Waals surface area (Å²) in [6.45, 7) is 7.23. The first-order chi connectivity index (χ1) is 6.20. The molecule has 1 saturated heterocycles. The van der Waals surface area contributed by atoms with Gasteiger partial charge in [0.25, 0.3) is 0 Å². The third-order valence-corrected chi connectivity index (χ3v) is 2.74. The Kier molecular flexibility index (Phi) is 3.69. The summed E-state index contributed by atoms with van der Waals surface area (Å²) in [6.07, 6.45) is 1.03. The first-order valence-electron chi connectivity index (χ1n) is 5.02. The van der Waals surface area contributed by atoms with Crippen LogP contribution >= 0.6 is 0 Å². The minimum Gasteiger partial charge on any atom is -0.386 e. The van der Waals surface area contributed by atoms with E-state index in [-0.39, 0.29) is 6.04 Å². The van der Waals surface area contributed by atoms with Gasteiger partial charge in [0.2, 0.25) is 0 Å². The minimum atomic E-state index is 0.101. The fourth-order valence-electron chi connectivity index (χ4n) is 2.03. The lowest BCUT2D eigenvalue weighted by molar-refractivity contribution is 0.166. The molecule has 0 amide bonds. The molecule has 13 heavy (non-hydrogen) atoms. The van der Waals surface area contributed by atoms with Crippen LogP contribution in [-0.4, -0.2) is 42.5 Å². The number of hydrogen-bond donors (Lipinski definition) is 3. The molecule has 4 heteroatoms. The number of nitrogens with zero attached hydrogens (tertiary/aromatic N) is 1. The second kappa shape index (κ2) is 4.58. The van der Waals surface area contributed by atoms with Gasteiger partial charge in [-0.05, 0) is 13.0 Å². The number of piperazine rings is 1. The van der Waals surface area contributed by atoms with E-state index < -0.39 is 0 Å². The van der Waals surface area contributed by atoms with E-state index in [4.69, 9.17) is 11.1 Å². The van der Waals surface area contributed by atoms with E-state index in [1.54, 1.807) is 0 Å². The second-order valence-electron chi connectivity index (χ2n) is 3.50. The van der Waals surface area contributed by atoms with Crippen molar-refractivity contribution in [2.75, 3.05) is 19.6 Å². The molecular weight excluding hydrogens is 164 g/mol. The third kappa shape index (κ3) is 2.19. The molecule has 0 aromatic heterocycles. The molecule has 1 aliphatic rings. The Labute approximate surface area is 80.0 Å². The van der Waals surface area contributed by atoms with Crippen molar-refractivity contribution in [2.24, 2.45) is 5.73 Å². The van der Waals surface area contributed by atoms with Crippen LogP contribution < -0.4 is 11.1 Å². The molecule has 0 aromatic carbocycles. The molecule has 4 N–H and O–H groups in total. The summed E-state index contributed by atoms with van der Waals surface area (Å²) in [5.41, 5.74) is 5.60. The molecule has 0 radical (unpaired) electrons. The summed E-state index contributed by atoms with van der Waals surface area (Å²) in [6, 6.07) is 0.454. The number of hydrogen-bond acceptors (Lipinski definition) is 3. The first kappa shape index (κ1) is 10.5. The van der Waals surface area contributed by atoms with Crippen LogP contribution in [0.3, 0.4) is 0 Å². The summed E-state index contributed by atoms with van der Waals surface area (Å²) in [7, 11) is 0. The highest BCUT2D eigenvalue weighted by Gasteiger charge is 2.30. The van der Waals surface area contributed by atoms with Crippen molar-refractivity contribution in [2.45, 2.75) is 32.4 Å². The van der Waals surface area contributed by atoms with Gasteiger partial charge in [0.1, 0.15) is 5.84 Å². The molecule has 0 spiro atoms. The molecule has 1 rings (SSSR count). The highest BCUT2D eigenvalue weighted by molar-refractivity contribution is 5.83. The van der Waals surface area contributed by atoms with Crippen LogP contribution in [0, 0.1) is 5.41 Å². The number of amidine groups is 1. The maximum atomic E-state index is 7.55. The van der Waals surface area contributed by atoms with E-state index in [1.165, 1.54) is 0 Å². The van der Waals surface area contributed by atoms with Gasteiger partial charge < -0.3 is 11.1 Å². The molecule has 0 bridgehead atoms. The van der Waals surface area contributed by atoms with Crippen LogP contribution in [0.4, 0.5) is 0 Å². The topological polar surface area (TPSA) is 65.1 Å². The molecule has 0 saturated carbocycles. The molecule has 76 valence electrons. The van der Waals surface area contributed by atoms with Crippen LogP contribution in [0.2, 0.25) is 0 Å². The molecule has 2 unspecified atom stereocenters. The molecule has 2 atom stereocenters. The van der Waals surface area contributed by atoms with Gasteiger partial charge in [-0.2, -0.15) is 0 Å². The van der Waals surface area contributed by atoms with Crippen molar-refractivity contribution in [3.8, 4) is 0 Å². The Morgan fingerprint density at radius 2 is 2.31 bits per heavy atom. The SMILES string of the molecule is CCC1NCCN(CC)C1C(=N)N. The Hall–Kier alpha value is -0.610. The van der Waals surface area contributed by atoms with E-state index in [0.717, 1.165) is 26.1 Å². The largest absolute Gasteiger partial charge is 0.386 e. The van der Waals surface area contributed by atoms with Crippen LogP contribution in [0.1, 0.15) is 20.3 Å². The van der Waals surface area contributed by atoms with Gasteiger partial charge in [0.05, 0.1) is 6.04 Å². The Morgan fingerprint density at radius 1 is 1.62 bits per heavy atom. The second-order valence-corrected chi connectivity index (χ2v) is 3.50. The molecular formula is C9H20N4. The first-order valence-corrected chi connectivity index (χ1v) is 5.02. The third-order valence-electron chi connectivity index (χ3n) is 2.74. The zero-order valence-corrected chi connectivity index (χ0v) is 8.51. The fourth-order valence-corrected chi connectivity index (χ4v) is 2.03. The van der Waals surface area contributed by atoms with Crippen molar-refractivity contribution in [1.29, 1.82) is 5.41 Å². The number of rotatable bonds is 3. The van der Waals surface area contributed by atoms with Gasteiger partial charge in [-0.3, -0.25) is 10.3 Å². The highest BCUT2D eigenvalue weighted by Crippen LogP contribution is 2.11. The van der Waals surface area contributed by atoms with Crippen molar-refractivity contribution < 1.29 is 0 Å². The van der Waals surface area contributed by atoms with Gasteiger partial charge in [0.15, 0.2) is 0 Å². The molecule has 1 aliphatic heterocycles. The van der Waals surface area contributed by atoms with Crippen molar-refractivity contribution in [3.63, 3.8) is 0 Å². The van der Waals surface area contributed by atoms with Crippen LogP contribution in [0.25, 0.3) is 0 Å². The molecule has 0 aliphatic carbocycles. The molecule has 4 nitrogen and oxygen atoms in total. The summed E-state index contributed by atoms with van der Waals surface area (Å²) in [4.78, 5) is 2.27. The summed E-state index contributed by atoms with van der Waals surface area (Å²) < 4.78 is 0. The molecule has 1 heterocycles. The Morgan fingerprint density at radius 3 is 2.77 bits per heavy atom. The zero-order valence-electron chi connectivity index (χ0n) is 8.51. The predicted octanol–water partition coefficient (Wildman–Crippen LogP) is -0.00533. The van der Waals surface area contributed by atoms with Gasteiger partial charge in [-0.25, -0.2) is 0 Å². The van der Waals surface area contributed by atoms with Crippen molar-refractivity contribution in [1.82, 2.24) is 10.2 Å². The van der Waals surface area contributed by atoms with Crippen LogP contribution in [0.5, 0.6) is 0 Å². The van der Waals surface area contributed by atoms with E-state index in [2.05, 4.69) is 24.1 Å². The quantitative estimate of drug-likeness (QED) is 0.427. The number of likely N-dealkylation sites (N-methyl/N-ethyl adjacent to an activating group) is 1. The Balaban J connectivity index is 2.69. The van der Waals surface area contributed by atoms with Crippen LogP contribution in [0.15, 0.2) is 0 Å². The minimum absolute atomic E-state index is 0.101. The van der Waals surface area contributed by atoms with Crippen LogP contribution in [-0.2, 0) is 0 Å². The monoisotopic (exact) mass is 184 g/mol. The standard InChI is InChI=1S/C9H20N4/c1-3-7-8(9(10)11)13(4-2)6-5-12-7/h7-8,12H,3-6H2,1-2H3,(H3,10,11). The lowest BCUT2D eigenvalue weighted by Crippen LogP contribution is -2.62. The average Bonchev–Trinajstić information content (AvgIpc) is 2.16. The van der Waals surface area contributed by atoms with Gasteiger partial charge in [-0.15, -0.1) is 0 Å².